The fourth-order valence-electron chi connectivity index (χ4n) is 1.62. The zero-order valence-electron chi connectivity index (χ0n) is 9.43. The van der Waals surface area contributed by atoms with Crippen LogP contribution in [0.5, 0.6) is 0 Å². The first kappa shape index (κ1) is 12.5. The molecule has 1 aliphatic rings. The minimum atomic E-state index is 0.250. The monoisotopic (exact) mass is 226 g/mol. The highest BCUT2D eigenvalue weighted by Gasteiger charge is 2.16. The van der Waals surface area contributed by atoms with Crippen LogP contribution < -0.4 is 11.5 Å². The van der Waals surface area contributed by atoms with E-state index in [9.17, 15) is 0 Å². The van der Waals surface area contributed by atoms with Crippen LogP contribution in [-0.2, 0) is 9.53 Å². The molecular weight excluding hydrogens is 208 g/mol. The fraction of sp³-hybridized carbons (Fsp3) is 0.600. The zero-order valence-corrected chi connectivity index (χ0v) is 9.43. The number of rotatable bonds is 1. The van der Waals surface area contributed by atoms with Gasteiger partial charge in [-0.2, -0.15) is 5.10 Å². The van der Waals surface area contributed by atoms with Gasteiger partial charge in [0.1, 0.15) is 5.82 Å². The van der Waals surface area contributed by atoms with E-state index in [2.05, 4.69) is 10.8 Å². The summed E-state index contributed by atoms with van der Waals surface area (Å²) in [5, 5.41) is 4.25. The summed E-state index contributed by atoms with van der Waals surface area (Å²) in [6.07, 6.45) is 4.50. The Labute approximate surface area is 94.5 Å². The summed E-state index contributed by atoms with van der Waals surface area (Å²) in [5.74, 6) is 0.630. The van der Waals surface area contributed by atoms with Crippen LogP contribution in [0.15, 0.2) is 6.20 Å². The van der Waals surface area contributed by atoms with Gasteiger partial charge in [-0.1, -0.05) is 0 Å². The summed E-state index contributed by atoms with van der Waals surface area (Å²) in [4.78, 5) is 8.58. The van der Waals surface area contributed by atoms with E-state index in [1.54, 1.807) is 0 Å². The van der Waals surface area contributed by atoms with Crippen molar-refractivity contribution in [3.8, 4) is 0 Å². The van der Waals surface area contributed by atoms with Crippen LogP contribution in [-0.4, -0.2) is 29.4 Å². The predicted molar refractivity (Wildman–Crippen MR) is 60.7 cm³/mol. The zero-order chi connectivity index (χ0) is 12.0. The van der Waals surface area contributed by atoms with Crippen molar-refractivity contribution in [1.29, 1.82) is 0 Å². The van der Waals surface area contributed by atoms with Gasteiger partial charge in [-0.25, -0.2) is 0 Å². The van der Waals surface area contributed by atoms with Crippen LogP contribution in [0.3, 0.4) is 0 Å². The second-order valence-electron chi connectivity index (χ2n) is 3.68. The Balaban J connectivity index is 0.000000386. The lowest BCUT2D eigenvalue weighted by molar-refractivity contribution is -0.106. The summed E-state index contributed by atoms with van der Waals surface area (Å²) in [6.45, 7) is 3.62. The molecule has 1 amide bonds. The molecule has 2 rings (SSSR count). The molecule has 0 radical (unpaired) electrons. The lowest BCUT2D eigenvalue weighted by Crippen LogP contribution is -2.21. The molecule has 0 aromatic carbocycles. The molecule has 2 heterocycles. The largest absolute Gasteiger partial charge is 0.382 e. The molecule has 0 spiro atoms. The van der Waals surface area contributed by atoms with Crippen LogP contribution in [0, 0.1) is 6.92 Å². The summed E-state index contributed by atoms with van der Waals surface area (Å²) in [7, 11) is 0. The van der Waals surface area contributed by atoms with Crippen LogP contribution in [0.1, 0.15) is 24.4 Å². The summed E-state index contributed by atoms with van der Waals surface area (Å²) < 4.78 is 7.32. The number of carbonyl (C=O) groups is 1. The molecule has 1 aromatic rings. The first-order chi connectivity index (χ1) is 7.69. The standard InChI is InChI=1S/C9H15N3O.CH3NO/c1-7-5-12(11-9(7)10)8-3-2-4-13-6-8;2-1-3/h5,8H,2-4,6H2,1H3,(H2,10,11);1H,(H2,2,3). The summed E-state index contributed by atoms with van der Waals surface area (Å²) in [5.41, 5.74) is 10.9. The second-order valence-corrected chi connectivity index (χ2v) is 3.68. The Morgan fingerprint density at radius 2 is 2.38 bits per heavy atom. The molecule has 1 aromatic heterocycles. The van der Waals surface area contributed by atoms with Crippen LogP contribution in [0.2, 0.25) is 0 Å². The van der Waals surface area contributed by atoms with Gasteiger partial charge in [0.2, 0.25) is 6.41 Å². The summed E-state index contributed by atoms with van der Waals surface area (Å²) >= 11 is 0. The molecule has 6 nitrogen and oxygen atoms in total. The Bertz CT molecular complexity index is 312. The minimum Gasteiger partial charge on any atom is -0.382 e. The fourth-order valence-corrected chi connectivity index (χ4v) is 1.62. The molecule has 90 valence electrons. The highest BCUT2D eigenvalue weighted by Crippen LogP contribution is 2.20. The van der Waals surface area contributed by atoms with Crippen molar-refractivity contribution >= 4 is 12.2 Å². The van der Waals surface area contributed by atoms with Crippen LogP contribution >= 0.6 is 0 Å². The van der Waals surface area contributed by atoms with Crippen molar-refractivity contribution in [3.63, 3.8) is 0 Å². The average molecular weight is 226 g/mol. The number of carbonyl (C=O) groups excluding carboxylic acids is 1. The van der Waals surface area contributed by atoms with E-state index in [1.807, 2.05) is 17.8 Å². The number of ether oxygens (including phenoxy) is 1. The number of primary amides is 1. The number of anilines is 1. The molecule has 1 unspecified atom stereocenters. The number of amides is 1. The van der Waals surface area contributed by atoms with Gasteiger partial charge in [0.05, 0.1) is 12.6 Å². The topological polar surface area (TPSA) is 96.2 Å². The Kier molecular flexibility index (Phi) is 4.78. The molecule has 1 atom stereocenters. The van der Waals surface area contributed by atoms with Crippen LogP contribution in [0.25, 0.3) is 0 Å². The molecule has 0 aliphatic carbocycles. The highest BCUT2D eigenvalue weighted by molar-refractivity contribution is 5.42. The quantitative estimate of drug-likeness (QED) is 0.670. The number of nitrogen functional groups attached to an aromatic ring is 1. The molecule has 0 bridgehead atoms. The van der Waals surface area contributed by atoms with E-state index in [0.29, 0.717) is 11.9 Å². The summed E-state index contributed by atoms with van der Waals surface area (Å²) in [6, 6.07) is 0.379. The first-order valence-electron chi connectivity index (χ1n) is 5.23. The lowest BCUT2D eigenvalue weighted by atomic mass is 10.1. The van der Waals surface area contributed by atoms with E-state index < -0.39 is 0 Å². The molecule has 1 saturated heterocycles. The van der Waals surface area contributed by atoms with Crippen molar-refractivity contribution < 1.29 is 9.53 Å². The van der Waals surface area contributed by atoms with Gasteiger partial charge in [0.25, 0.3) is 0 Å². The second kappa shape index (κ2) is 6.12. The maximum absolute atomic E-state index is 8.58. The van der Waals surface area contributed by atoms with Crippen molar-refractivity contribution in [2.24, 2.45) is 5.73 Å². The Morgan fingerprint density at radius 1 is 1.69 bits per heavy atom. The number of nitrogens with two attached hydrogens (primary N) is 2. The average Bonchev–Trinajstić information content (AvgIpc) is 2.62. The molecule has 1 aliphatic heterocycles. The number of nitrogens with zero attached hydrogens (tertiary/aromatic N) is 2. The van der Waals surface area contributed by atoms with E-state index in [0.717, 1.165) is 31.6 Å². The third-order valence-electron chi connectivity index (χ3n) is 2.46. The van der Waals surface area contributed by atoms with Crippen molar-refractivity contribution in [2.45, 2.75) is 25.8 Å². The number of hydrogen-bond donors (Lipinski definition) is 2. The van der Waals surface area contributed by atoms with Crippen molar-refractivity contribution in [1.82, 2.24) is 9.78 Å². The highest BCUT2D eigenvalue weighted by atomic mass is 16.5. The molecule has 4 N–H and O–H groups in total. The van der Waals surface area contributed by atoms with Crippen molar-refractivity contribution in [3.05, 3.63) is 11.8 Å². The predicted octanol–water partition coefficient (Wildman–Crippen LogP) is 0.227. The number of aromatic nitrogens is 2. The number of aryl methyl sites for hydroxylation is 1. The van der Waals surface area contributed by atoms with Crippen LogP contribution in [0.4, 0.5) is 5.82 Å². The lowest BCUT2D eigenvalue weighted by Gasteiger charge is -2.22. The van der Waals surface area contributed by atoms with E-state index in [1.165, 1.54) is 0 Å². The van der Waals surface area contributed by atoms with Gasteiger partial charge in [0.15, 0.2) is 0 Å². The molecule has 16 heavy (non-hydrogen) atoms. The number of hydrogen-bond acceptors (Lipinski definition) is 4. The smallest absolute Gasteiger partial charge is 0.204 e. The van der Waals surface area contributed by atoms with E-state index in [-0.39, 0.29) is 6.41 Å². The van der Waals surface area contributed by atoms with Gasteiger partial charge in [-0.15, -0.1) is 0 Å². The Hall–Kier alpha value is -1.56. The third kappa shape index (κ3) is 3.23. The SMILES string of the molecule is Cc1cn(C2CCCOC2)nc1N.NC=O. The molecular formula is C10H18N4O2. The third-order valence-corrected chi connectivity index (χ3v) is 2.46. The maximum Gasteiger partial charge on any atom is 0.204 e. The Morgan fingerprint density at radius 3 is 2.81 bits per heavy atom. The van der Waals surface area contributed by atoms with Gasteiger partial charge < -0.3 is 16.2 Å². The van der Waals surface area contributed by atoms with Gasteiger partial charge in [-0.3, -0.25) is 9.48 Å². The van der Waals surface area contributed by atoms with E-state index in [4.69, 9.17) is 15.3 Å². The minimum absolute atomic E-state index is 0.250. The van der Waals surface area contributed by atoms with E-state index >= 15 is 0 Å². The maximum atomic E-state index is 8.58. The van der Waals surface area contributed by atoms with Gasteiger partial charge in [0, 0.05) is 18.4 Å². The first-order valence-corrected chi connectivity index (χ1v) is 5.23. The molecule has 1 fully saturated rings. The molecule has 6 heteroatoms. The van der Waals surface area contributed by atoms with Gasteiger partial charge >= 0.3 is 0 Å². The normalized spacial score (nSPS) is 19.7. The van der Waals surface area contributed by atoms with Crippen molar-refractivity contribution in [2.75, 3.05) is 18.9 Å². The van der Waals surface area contributed by atoms with Gasteiger partial charge in [-0.05, 0) is 19.8 Å². The molecule has 0 saturated carbocycles.